The van der Waals surface area contributed by atoms with E-state index in [1.54, 1.807) is 54.6 Å². The van der Waals surface area contributed by atoms with Crippen molar-refractivity contribution < 1.29 is 31.2 Å². The van der Waals surface area contributed by atoms with E-state index in [1.807, 2.05) is 0 Å². The highest BCUT2D eigenvalue weighted by molar-refractivity contribution is 9.10. The van der Waals surface area contributed by atoms with Gasteiger partial charge in [-0.05, 0) is 41.5 Å². The van der Waals surface area contributed by atoms with Crippen LogP contribution in [0.15, 0.2) is 77.3 Å². The molecule has 0 saturated heterocycles. The number of hydrogen-bond acceptors (Lipinski definition) is 4. The first-order valence-corrected chi connectivity index (χ1v) is 14.9. The summed E-state index contributed by atoms with van der Waals surface area (Å²) in [6.07, 6.45) is -3.96. The molecule has 0 aliphatic carbocycles. The number of likely N-dealkylation sites (N-methyl/N-ethyl adjacent to an activating group) is 1. The van der Waals surface area contributed by atoms with Crippen molar-refractivity contribution in [1.82, 2.24) is 10.2 Å². The molecule has 3 aromatic rings. The molecule has 214 valence electrons. The van der Waals surface area contributed by atoms with Gasteiger partial charge in [-0.15, -0.1) is 0 Å². The smallest absolute Gasteiger partial charge is 0.357 e. The van der Waals surface area contributed by atoms with Crippen LogP contribution in [0.1, 0.15) is 16.7 Å². The molecule has 0 saturated carbocycles. The lowest BCUT2D eigenvalue weighted by Crippen LogP contribution is -2.52. The molecule has 3 rings (SSSR count). The molecule has 13 heteroatoms. The highest BCUT2D eigenvalue weighted by atomic mass is 79.9. The number of rotatable bonds is 10. The van der Waals surface area contributed by atoms with Gasteiger partial charge >= 0.3 is 6.18 Å². The van der Waals surface area contributed by atoms with E-state index in [0.717, 1.165) is 28.4 Å². The highest BCUT2D eigenvalue weighted by Gasteiger charge is 2.36. The lowest BCUT2D eigenvalue weighted by atomic mass is 10.0. The summed E-state index contributed by atoms with van der Waals surface area (Å²) in [6, 6.07) is 17.4. The maximum Gasteiger partial charge on any atom is 0.417 e. The molecule has 0 heterocycles. The molecule has 2 amide bonds. The zero-order valence-electron chi connectivity index (χ0n) is 21.5. The second kappa shape index (κ2) is 13.0. The van der Waals surface area contributed by atoms with Gasteiger partial charge in [0.25, 0.3) is 0 Å². The standard InChI is InChI=1S/C27H26BrClF3N3O4S/c1-33-26(37)24(14-18-6-4-3-5-7-18)34(16-19-8-10-20(28)11-9-19)25(36)17-35(40(2,38)39)21-12-13-23(29)22(15-21)27(30,31)32/h3-13,15,24H,14,16-17H2,1-2H3,(H,33,37). The van der Waals surface area contributed by atoms with Crippen LogP contribution in [0.5, 0.6) is 0 Å². The Kier molecular flexibility index (Phi) is 10.3. The lowest BCUT2D eigenvalue weighted by Gasteiger charge is -2.33. The summed E-state index contributed by atoms with van der Waals surface area (Å²) in [5.74, 6) is -1.28. The van der Waals surface area contributed by atoms with Gasteiger partial charge in [0, 0.05) is 24.5 Å². The van der Waals surface area contributed by atoms with E-state index in [9.17, 15) is 31.2 Å². The predicted octanol–water partition coefficient (Wildman–Crippen LogP) is 5.27. The molecule has 40 heavy (non-hydrogen) atoms. The summed E-state index contributed by atoms with van der Waals surface area (Å²) in [5, 5.41) is 1.93. The molecular weight excluding hydrogens is 635 g/mol. The molecule has 7 nitrogen and oxygen atoms in total. The molecule has 1 N–H and O–H groups in total. The van der Waals surface area contributed by atoms with Gasteiger partial charge in [-0.25, -0.2) is 8.42 Å². The first kappa shape index (κ1) is 31.4. The zero-order chi connectivity index (χ0) is 29.7. The number of nitrogens with one attached hydrogen (secondary N) is 1. The van der Waals surface area contributed by atoms with Crippen LogP contribution >= 0.6 is 27.5 Å². The Labute approximate surface area is 244 Å². The van der Waals surface area contributed by atoms with Gasteiger partial charge < -0.3 is 10.2 Å². The number of carbonyl (C=O) groups excluding carboxylic acids is 2. The van der Waals surface area contributed by atoms with Crippen LogP contribution in [0, 0.1) is 0 Å². The van der Waals surface area contributed by atoms with Crippen molar-refractivity contribution in [2.75, 3.05) is 24.2 Å². The van der Waals surface area contributed by atoms with Crippen molar-refractivity contribution in [3.8, 4) is 0 Å². The van der Waals surface area contributed by atoms with Crippen LogP contribution in [0.25, 0.3) is 0 Å². The first-order valence-electron chi connectivity index (χ1n) is 11.8. The Morgan fingerprint density at radius 3 is 2.17 bits per heavy atom. The average molecular weight is 661 g/mol. The molecule has 0 radical (unpaired) electrons. The van der Waals surface area contributed by atoms with Gasteiger partial charge in [0.1, 0.15) is 12.6 Å². The van der Waals surface area contributed by atoms with E-state index in [1.165, 1.54) is 11.9 Å². The van der Waals surface area contributed by atoms with Crippen LogP contribution in [0.4, 0.5) is 18.9 Å². The molecule has 3 aromatic carbocycles. The van der Waals surface area contributed by atoms with Gasteiger partial charge in [0.2, 0.25) is 21.8 Å². The molecular formula is C27H26BrClF3N3O4S. The zero-order valence-corrected chi connectivity index (χ0v) is 24.6. The highest BCUT2D eigenvalue weighted by Crippen LogP contribution is 2.37. The molecule has 0 aliphatic heterocycles. The number of anilines is 1. The van der Waals surface area contributed by atoms with E-state index in [2.05, 4.69) is 21.2 Å². The van der Waals surface area contributed by atoms with Crippen LogP contribution in [-0.2, 0) is 38.8 Å². The van der Waals surface area contributed by atoms with Gasteiger partial charge in [-0.1, -0.05) is 70.0 Å². The third-order valence-electron chi connectivity index (χ3n) is 6.01. The minimum atomic E-state index is -4.85. The number of nitrogens with zero attached hydrogens (tertiary/aromatic N) is 2. The van der Waals surface area contributed by atoms with Crippen molar-refractivity contribution in [3.63, 3.8) is 0 Å². The minimum Gasteiger partial charge on any atom is -0.357 e. The molecule has 1 unspecified atom stereocenters. The van der Waals surface area contributed by atoms with E-state index >= 15 is 0 Å². The molecule has 1 atom stereocenters. The second-order valence-corrected chi connectivity index (χ2v) is 12.1. The Hall–Kier alpha value is -3.09. The fraction of sp³-hybridized carbons (Fsp3) is 0.259. The minimum absolute atomic E-state index is 0.0664. The summed E-state index contributed by atoms with van der Waals surface area (Å²) in [6.45, 7) is -0.917. The van der Waals surface area contributed by atoms with Crippen LogP contribution in [0.3, 0.4) is 0 Å². The summed E-state index contributed by atoms with van der Waals surface area (Å²) in [5.41, 5.74) is -0.241. The normalized spacial score (nSPS) is 12.5. The summed E-state index contributed by atoms with van der Waals surface area (Å²) in [7, 11) is -2.83. The number of alkyl halides is 3. The topological polar surface area (TPSA) is 86.8 Å². The number of carbonyl (C=O) groups is 2. The molecule has 0 fully saturated rings. The number of sulfonamides is 1. The molecule has 0 bridgehead atoms. The SMILES string of the molecule is CNC(=O)C(Cc1ccccc1)N(Cc1ccc(Br)cc1)C(=O)CN(c1ccc(Cl)c(C(F)(F)F)c1)S(C)(=O)=O. The Morgan fingerprint density at radius 1 is 1.00 bits per heavy atom. The van der Waals surface area contributed by atoms with Crippen molar-refractivity contribution in [2.45, 2.75) is 25.2 Å². The summed E-state index contributed by atoms with van der Waals surface area (Å²) < 4.78 is 67.4. The number of benzene rings is 3. The average Bonchev–Trinajstić information content (AvgIpc) is 2.89. The van der Waals surface area contributed by atoms with Crippen molar-refractivity contribution in [1.29, 1.82) is 0 Å². The van der Waals surface area contributed by atoms with Gasteiger partial charge in [-0.2, -0.15) is 13.2 Å². The van der Waals surface area contributed by atoms with Crippen molar-refractivity contribution in [2.24, 2.45) is 0 Å². The number of amides is 2. The third-order valence-corrected chi connectivity index (χ3v) is 8.01. The fourth-order valence-electron chi connectivity index (χ4n) is 4.01. The molecule has 0 aromatic heterocycles. The van der Waals surface area contributed by atoms with Crippen molar-refractivity contribution >= 4 is 55.1 Å². The predicted molar refractivity (Wildman–Crippen MR) is 151 cm³/mol. The van der Waals surface area contributed by atoms with E-state index < -0.39 is 56.9 Å². The first-order chi connectivity index (χ1) is 18.7. The Balaban J connectivity index is 2.06. The van der Waals surface area contributed by atoms with Gasteiger partial charge in [-0.3, -0.25) is 13.9 Å². The molecule has 0 aliphatic rings. The number of hydrogen-bond donors (Lipinski definition) is 1. The maximum atomic E-state index is 13.8. The monoisotopic (exact) mass is 659 g/mol. The van der Waals surface area contributed by atoms with Crippen LogP contribution in [0.2, 0.25) is 5.02 Å². The second-order valence-electron chi connectivity index (χ2n) is 8.90. The molecule has 0 spiro atoms. The summed E-state index contributed by atoms with van der Waals surface area (Å²) >= 11 is 9.06. The van der Waals surface area contributed by atoms with Gasteiger partial charge in [0.05, 0.1) is 22.5 Å². The van der Waals surface area contributed by atoms with Crippen LogP contribution in [-0.4, -0.2) is 51.0 Å². The van der Waals surface area contributed by atoms with Crippen LogP contribution < -0.4 is 9.62 Å². The fourth-order valence-corrected chi connectivity index (χ4v) is 5.34. The quantitative estimate of drug-likeness (QED) is 0.321. The lowest BCUT2D eigenvalue weighted by molar-refractivity contribution is -0.139. The number of halogens is 5. The Morgan fingerprint density at radius 2 is 1.62 bits per heavy atom. The third kappa shape index (κ3) is 8.21. The van der Waals surface area contributed by atoms with E-state index in [0.29, 0.717) is 15.9 Å². The maximum absolute atomic E-state index is 13.8. The van der Waals surface area contributed by atoms with Gasteiger partial charge in [0.15, 0.2) is 0 Å². The summed E-state index contributed by atoms with van der Waals surface area (Å²) in [4.78, 5) is 28.1. The van der Waals surface area contributed by atoms with Crippen molar-refractivity contribution in [3.05, 3.63) is 99.0 Å². The van der Waals surface area contributed by atoms with E-state index in [-0.39, 0.29) is 13.0 Å². The van der Waals surface area contributed by atoms with E-state index in [4.69, 9.17) is 11.6 Å². The largest absolute Gasteiger partial charge is 0.417 e. The Bertz CT molecular complexity index is 1460.